The molecular formula is C14H17N3O2S. The number of hydrogen-bond donors (Lipinski definition) is 1. The molecule has 0 saturated heterocycles. The van der Waals surface area contributed by atoms with Crippen molar-refractivity contribution in [3.05, 3.63) is 53.6 Å². The van der Waals surface area contributed by atoms with Crippen molar-refractivity contribution in [3.8, 4) is 0 Å². The van der Waals surface area contributed by atoms with Gasteiger partial charge in [0, 0.05) is 18.9 Å². The zero-order valence-electron chi connectivity index (χ0n) is 11.5. The lowest BCUT2D eigenvalue weighted by atomic mass is 10.1. The minimum Gasteiger partial charge on any atom is -0.245 e. The van der Waals surface area contributed by atoms with E-state index < -0.39 is 10.0 Å². The average molecular weight is 291 g/mol. The van der Waals surface area contributed by atoms with Gasteiger partial charge in [-0.2, -0.15) is 0 Å². The van der Waals surface area contributed by atoms with Crippen molar-refractivity contribution in [1.29, 1.82) is 0 Å². The molecule has 0 aliphatic rings. The van der Waals surface area contributed by atoms with E-state index in [0.717, 1.165) is 16.7 Å². The van der Waals surface area contributed by atoms with Gasteiger partial charge in [-0.15, -0.1) is 0 Å². The Morgan fingerprint density at radius 3 is 2.45 bits per heavy atom. The Labute approximate surface area is 119 Å². The average Bonchev–Trinajstić information content (AvgIpc) is 2.43. The third-order valence-electron chi connectivity index (χ3n) is 3.11. The molecule has 1 aromatic carbocycles. The molecule has 1 N–H and O–H groups in total. The van der Waals surface area contributed by atoms with E-state index in [4.69, 9.17) is 0 Å². The van der Waals surface area contributed by atoms with Crippen LogP contribution in [0.5, 0.6) is 0 Å². The first-order valence-corrected chi connectivity index (χ1v) is 7.78. The van der Waals surface area contributed by atoms with Crippen LogP contribution in [-0.4, -0.2) is 24.9 Å². The molecule has 5 nitrogen and oxygen atoms in total. The monoisotopic (exact) mass is 291 g/mol. The van der Waals surface area contributed by atoms with Gasteiger partial charge >= 0.3 is 0 Å². The standard InChI is InChI=1S/C14H17N3O2S/c1-11-3-4-14(7-12(11)2)20(18,19)17-6-5-13-8-15-10-16-9-13/h3-4,7-10,17H,5-6H2,1-2H3. The summed E-state index contributed by atoms with van der Waals surface area (Å²) < 4.78 is 26.9. The zero-order chi connectivity index (χ0) is 14.6. The molecule has 0 aliphatic heterocycles. The van der Waals surface area contributed by atoms with E-state index in [1.165, 1.54) is 6.33 Å². The Balaban J connectivity index is 2.02. The SMILES string of the molecule is Cc1ccc(S(=O)(=O)NCCc2cncnc2)cc1C. The van der Waals surface area contributed by atoms with Gasteiger partial charge in [-0.1, -0.05) is 6.07 Å². The first-order valence-electron chi connectivity index (χ1n) is 6.30. The minimum absolute atomic E-state index is 0.296. The van der Waals surface area contributed by atoms with Crippen molar-refractivity contribution in [2.45, 2.75) is 25.2 Å². The van der Waals surface area contributed by atoms with Crippen LogP contribution in [-0.2, 0) is 16.4 Å². The van der Waals surface area contributed by atoms with E-state index in [1.54, 1.807) is 24.5 Å². The molecule has 20 heavy (non-hydrogen) atoms. The number of sulfonamides is 1. The Morgan fingerprint density at radius 1 is 1.10 bits per heavy atom. The van der Waals surface area contributed by atoms with Crippen LogP contribution >= 0.6 is 0 Å². The van der Waals surface area contributed by atoms with Crippen LogP contribution in [0, 0.1) is 13.8 Å². The Morgan fingerprint density at radius 2 is 1.80 bits per heavy atom. The molecule has 0 radical (unpaired) electrons. The smallest absolute Gasteiger partial charge is 0.240 e. The lowest BCUT2D eigenvalue weighted by Gasteiger charge is -2.08. The van der Waals surface area contributed by atoms with E-state index in [9.17, 15) is 8.42 Å². The predicted molar refractivity (Wildman–Crippen MR) is 76.8 cm³/mol. The lowest BCUT2D eigenvalue weighted by Crippen LogP contribution is -2.26. The van der Waals surface area contributed by atoms with Gasteiger partial charge in [0.25, 0.3) is 0 Å². The van der Waals surface area contributed by atoms with Crippen LogP contribution in [0.2, 0.25) is 0 Å². The van der Waals surface area contributed by atoms with Crippen LogP contribution in [0.1, 0.15) is 16.7 Å². The molecule has 0 fully saturated rings. The topological polar surface area (TPSA) is 72.0 Å². The number of rotatable bonds is 5. The molecular weight excluding hydrogens is 274 g/mol. The van der Waals surface area contributed by atoms with E-state index in [2.05, 4.69) is 14.7 Å². The summed E-state index contributed by atoms with van der Waals surface area (Å²) in [5.41, 5.74) is 2.94. The number of aromatic nitrogens is 2. The second-order valence-corrected chi connectivity index (χ2v) is 6.41. The lowest BCUT2D eigenvalue weighted by molar-refractivity contribution is 0.581. The van der Waals surface area contributed by atoms with Gasteiger partial charge in [-0.05, 0) is 49.1 Å². The second kappa shape index (κ2) is 6.11. The summed E-state index contributed by atoms with van der Waals surface area (Å²) in [6.07, 6.45) is 5.36. The van der Waals surface area contributed by atoms with E-state index in [0.29, 0.717) is 17.9 Å². The van der Waals surface area contributed by atoms with Gasteiger partial charge in [0.05, 0.1) is 4.90 Å². The Bertz CT molecular complexity index is 685. The van der Waals surface area contributed by atoms with Crippen LogP contribution in [0.15, 0.2) is 41.8 Å². The fourth-order valence-corrected chi connectivity index (χ4v) is 2.87. The van der Waals surface area contributed by atoms with Gasteiger partial charge in [-0.3, -0.25) is 0 Å². The minimum atomic E-state index is -3.46. The highest BCUT2D eigenvalue weighted by molar-refractivity contribution is 7.89. The largest absolute Gasteiger partial charge is 0.245 e. The second-order valence-electron chi connectivity index (χ2n) is 4.64. The van der Waals surface area contributed by atoms with Crippen molar-refractivity contribution in [2.24, 2.45) is 0 Å². The highest BCUT2D eigenvalue weighted by Gasteiger charge is 2.13. The normalized spacial score (nSPS) is 11.5. The molecule has 2 rings (SSSR count). The van der Waals surface area contributed by atoms with E-state index in [-0.39, 0.29) is 0 Å². The summed E-state index contributed by atoms with van der Waals surface area (Å²) in [4.78, 5) is 8.08. The number of nitrogens with zero attached hydrogens (tertiary/aromatic N) is 2. The maximum atomic E-state index is 12.1. The Kier molecular flexibility index (Phi) is 4.46. The quantitative estimate of drug-likeness (QED) is 0.908. The highest BCUT2D eigenvalue weighted by atomic mass is 32.2. The molecule has 106 valence electrons. The maximum Gasteiger partial charge on any atom is 0.240 e. The van der Waals surface area contributed by atoms with Crippen LogP contribution in [0.25, 0.3) is 0 Å². The predicted octanol–water partition coefficient (Wildman–Crippen LogP) is 1.61. The summed E-state index contributed by atoms with van der Waals surface area (Å²) in [6, 6.07) is 5.12. The van der Waals surface area contributed by atoms with Crippen molar-refractivity contribution < 1.29 is 8.42 Å². The molecule has 1 aromatic heterocycles. The molecule has 0 spiro atoms. The van der Waals surface area contributed by atoms with Gasteiger partial charge in [0.15, 0.2) is 0 Å². The van der Waals surface area contributed by atoms with Gasteiger partial charge < -0.3 is 0 Å². The summed E-state index contributed by atoms with van der Waals surface area (Å²) in [6.45, 7) is 4.17. The van der Waals surface area contributed by atoms with Crippen LogP contribution in [0.4, 0.5) is 0 Å². The molecule has 0 atom stereocenters. The van der Waals surface area contributed by atoms with Gasteiger partial charge in [0.1, 0.15) is 6.33 Å². The summed E-state index contributed by atoms with van der Waals surface area (Å²) in [5, 5.41) is 0. The summed E-state index contributed by atoms with van der Waals surface area (Å²) >= 11 is 0. The molecule has 0 unspecified atom stereocenters. The molecule has 6 heteroatoms. The summed E-state index contributed by atoms with van der Waals surface area (Å²) in [7, 11) is -3.46. The van der Waals surface area contributed by atoms with E-state index >= 15 is 0 Å². The van der Waals surface area contributed by atoms with E-state index in [1.807, 2.05) is 19.9 Å². The third-order valence-corrected chi connectivity index (χ3v) is 4.57. The van der Waals surface area contributed by atoms with Gasteiger partial charge in [0.2, 0.25) is 10.0 Å². The fraction of sp³-hybridized carbons (Fsp3) is 0.286. The number of aryl methyl sites for hydroxylation is 2. The maximum absolute atomic E-state index is 12.1. The van der Waals surface area contributed by atoms with Crippen molar-refractivity contribution >= 4 is 10.0 Å². The molecule has 0 bridgehead atoms. The molecule has 2 aromatic rings. The number of hydrogen-bond acceptors (Lipinski definition) is 4. The fourth-order valence-electron chi connectivity index (χ4n) is 1.75. The first-order chi connectivity index (χ1) is 9.49. The highest BCUT2D eigenvalue weighted by Crippen LogP contribution is 2.14. The van der Waals surface area contributed by atoms with Crippen molar-refractivity contribution in [3.63, 3.8) is 0 Å². The van der Waals surface area contributed by atoms with Crippen molar-refractivity contribution in [2.75, 3.05) is 6.54 Å². The molecule has 0 aliphatic carbocycles. The first kappa shape index (κ1) is 14.6. The number of benzene rings is 1. The number of nitrogens with one attached hydrogen (secondary N) is 1. The third kappa shape index (κ3) is 3.61. The van der Waals surface area contributed by atoms with Crippen molar-refractivity contribution in [1.82, 2.24) is 14.7 Å². The molecule has 0 amide bonds. The zero-order valence-corrected chi connectivity index (χ0v) is 12.3. The molecule has 0 saturated carbocycles. The Hall–Kier alpha value is -1.79. The van der Waals surface area contributed by atoms with Gasteiger partial charge in [-0.25, -0.2) is 23.1 Å². The van der Waals surface area contributed by atoms with Crippen LogP contribution < -0.4 is 4.72 Å². The summed E-state index contributed by atoms with van der Waals surface area (Å²) in [5.74, 6) is 0. The molecule has 1 heterocycles. The van der Waals surface area contributed by atoms with Crippen LogP contribution in [0.3, 0.4) is 0 Å².